The number of nitro groups is 1. The third-order valence-corrected chi connectivity index (χ3v) is 1.72. The number of carbonyl (C=O) groups excluding carboxylic acids is 1. The maximum Gasteiger partial charge on any atom is 0.293 e. The van der Waals surface area contributed by atoms with Crippen molar-refractivity contribution in [2.45, 2.75) is 6.42 Å². The summed E-state index contributed by atoms with van der Waals surface area (Å²) < 4.78 is 0. The fourth-order valence-electron chi connectivity index (χ4n) is 1.01. The molecule has 4 N–H and O–H groups in total. The third-order valence-electron chi connectivity index (χ3n) is 1.72. The van der Waals surface area contributed by atoms with Gasteiger partial charge in [0.2, 0.25) is 5.91 Å². The Kier molecular flexibility index (Phi) is 3.45. The fraction of sp³-hybridized carbons (Fsp3) is 0.100. The van der Waals surface area contributed by atoms with Crippen LogP contribution in [0.2, 0.25) is 0 Å². The van der Waals surface area contributed by atoms with Crippen molar-refractivity contribution in [3.63, 3.8) is 0 Å². The molecule has 0 radical (unpaired) electrons. The summed E-state index contributed by atoms with van der Waals surface area (Å²) in [6.07, 6.45) is -0.0851. The van der Waals surface area contributed by atoms with E-state index >= 15 is 0 Å². The van der Waals surface area contributed by atoms with Crippen LogP contribution in [0.15, 0.2) is 18.2 Å². The minimum atomic E-state index is -0.589. The number of anilines is 1. The van der Waals surface area contributed by atoms with Crippen LogP contribution in [0.3, 0.4) is 0 Å². The minimum Gasteiger partial charge on any atom is -0.393 e. The summed E-state index contributed by atoms with van der Waals surface area (Å²) in [7, 11) is 0. The number of nitrogens with two attached hydrogens (primary N) is 2. The Balaban J connectivity index is 2.98. The second-order valence-electron chi connectivity index (χ2n) is 2.98. The largest absolute Gasteiger partial charge is 0.393 e. The van der Waals surface area contributed by atoms with Crippen molar-refractivity contribution in [2.24, 2.45) is 5.73 Å². The van der Waals surface area contributed by atoms with E-state index in [2.05, 4.69) is 11.8 Å². The predicted octanol–water partition coefficient (Wildman–Crippen LogP) is 0.404. The van der Waals surface area contributed by atoms with E-state index in [9.17, 15) is 14.9 Å². The van der Waals surface area contributed by atoms with Crippen LogP contribution in [0.5, 0.6) is 0 Å². The van der Waals surface area contributed by atoms with Crippen molar-refractivity contribution in [3.8, 4) is 11.8 Å². The molecule has 0 aliphatic heterocycles. The van der Waals surface area contributed by atoms with Crippen molar-refractivity contribution >= 4 is 17.3 Å². The molecule has 1 aromatic carbocycles. The van der Waals surface area contributed by atoms with Crippen LogP contribution in [-0.4, -0.2) is 10.8 Å². The Hall–Kier alpha value is -2.55. The molecular formula is C10H9N3O3. The fourth-order valence-corrected chi connectivity index (χ4v) is 1.01. The number of benzene rings is 1. The molecule has 0 atom stereocenters. The molecule has 1 rings (SSSR count). The molecule has 0 unspecified atom stereocenters. The van der Waals surface area contributed by atoms with Gasteiger partial charge >= 0.3 is 0 Å². The molecule has 6 nitrogen and oxygen atoms in total. The number of nitro benzene ring substituents is 1. The van der Waals surface area contributed by atoms with Gasteiger partial charge in [0.15, 0.2) is 0 Å². The lowest BCUT2D eigenvalue weighted by atomic mass is 10.2. The first-order valence-electron chi connectivity index (χ1n) is 4.32. The molecule has 82 valence electrons. The summed E-state index contributed by atoms with van der Waals surface area (Å²) in [6.45, 7) is 0. The Labute approximate surface area is 91.4 Å². The van der Waals surface area contributed by atoms with E-state index in [1.54, 1.807) is 0 Å². The number of rotatable bonds is 2. The lowest BCUT2D eigenvalue weighted by molar-refractivity contribution is -0.383. The Bertz CT molecular complexity index is 500. The van der Waals surface area contributed by atoms with Crippen LogP contribution in [0.4, 0.5) is 11.4 Å². The zero-order chi connectivity index (χ0) is 12.1. The summed E-state index contributed by atoms with van der Waals surface area (Å²) in [5.74, 6) is 4.54. The van der Waals surface area contributed by atoms with E-state index in [0.717, 1.165) is 0 Å². The van der Waals surface area contributed by atoms with Gasteiger partial charge in [-0.1, -0.05) is 11.8 Å². The average molecular weight is 219 g/mol. The standard InChI is InChI=1S/C10H9N3O3/c11-8-5-4-7(2-1-3-10(12)14)6-9(8)13(15)16/h4-6H,3,11H2,(H2,12,14). The summed E-state index contributed by atoms with van der Waals surface area (Å²) in [4.78, 5) is 20.4. The number of hydrogen-bond donors (Lipinski definition) is 2. The van der Waals surface area contributed by atoms with Gasteiger partial charge in [-0.15, -0.1) is 0 Å². The van der Waals surface area contributed by atoms with Crippen molar-refractivity contribution in [1.29, 1.82) is 0 Å². The van der Waals surface area contributed by atoms with Crippen LogP contribution in [0.1, 0.15) is 12.0 Å². The highest BCUT2D eigenvalue weighted by molar-refractivity contribution is 5.76. The highest BCUT2D eigenvalue weighted by Crippen LogP contribution is 2.21. The molecule has 16 heavy (non-hydrogen) atoms. The topological polar surface area (TPSA) is 112 Å². The highest BCUT2D eigenvalue weighted by atomic mass is 16.6. The zero-order valence-corrected chi connectivity index (χ0v) is 8.27. The van der Waals surface area contributed by atoms with E-state index in [1.807, 2.05) is 0 Å². The van der Waals surface area contributed by atoms with Crippen LogP contribution in [-0.2, 0) is 4.79 Å². The summed E-state index contributed by atoms with van der Waals surface area (Å²) in [5.41, 5.74) is 10.6. The van der Waals surface area contributed by atoms with Crippen molar-refractivity contribution in [1.82, 2.24) is 0 Å². The molecule has 1 aromatic rings. The minimum absolute atomic E-state index is 0.0745. The van der Waals surface area contributed by atoms with Gasteiger partial charge in [-0.25, -0.2) is 0 Å². The smallest absolute Gasteiger partial charge is 0.293 e. The molecule has 0 aliphatic rings. The van der Waals surface area contributed by atoms with Crippen LogP contribution < -0.4 is 11.5 Å². The number of hydrogen-bond acceptors (Lipinski definition) is 4. The van der Waals surface area contributed by atoms with Gasteiger partial charge in [0.25, 0.3) is 5.69 Å². The number of carbonyl (C=O) groups is 1. The van der Waals surface area contributed by atoms with Gasteiger partial charge in [0.1, 0.15) is 5.69 Å². The maximum atomic E-state index is 10.6. The van der Waals surface area contributed by atoms with E-state index in [1.165, 1.54) is 18.2 Å². The lowest BCUT2D eigenvalue weighted by Gasteiger charge is -1.96. The molecule has 0 spiro atoms. The zero-order valence-electron chi connectivity index (χ0n) is 8.27. The molecule has 0 saturated heterocycles. The molecule has 0 bridgehead atoms. The molecule has 0 aromatic heterocycles. The quantitative estimate of drug-likeness (QED) is 0.324. The molecule has 0 fully saturated rings. The SMILES string of the molecule is NC(=O)CC#Cc1ccc(N)c([N+](=O)[O-])c1. The van der Waals surface area contributed by atoms with E-state index in [-0.39, 0.29) is 17.8 Å². The van der Waals surface area contributed by atoms with Crippen molar-refractivity contribution in [2.75, 3.05) is 5.73 Å². The van der Waals surface area contributed by atoms with Gasteiger partial charge < -0.3 is 11.5 Å². The third kappa shape index (κ3) is 2.99. The second-order valence-corrected chi connectivity index (χ2v) is 2.98. The number of nitrogen functional groups attached to an aromatic ring is 1. The molecule has 6 heteroatoms. The monoisotopic (exact) mass is 219 g/mol. The number of nitrogens with zero attached hydrogens (tertiary/aromatic N) is 1. The molecular weight excluding hydrogens is 210 g/mol. The first kappa shape index (κ1) is 11.5. The molecule has 0 saturated carbocycles. The number of primary amides is 1. The number of amides is 1. The Morgan fingerprint density at radius 2 is 2.19 bits per heavy atom. The van der Waals surface area contributed by atoms with Gasteiger partial charge in [0.05, 0.1) is 11.3 Å². The average Bonchev–Trinajstić information content (AvgIpc) is 2.19. The normalized spacial score (nSPS) is 9.00. The Morgan fingerprint density at radius 1 is 1.50 bits per heavy atom. The molecule has 1 amide bonds. The molecule has 0 heterocycles. The van der Waals surface area contributed by atoms with Crippen LogP contribution in [0.25, 0.3) is 0 Å². The van der Waals surface area contributed by atoms with Crippen LogP contribution in [0, 0.1) is 22.0 Å². The van der Waals surface area contributed by atoms with Crippen LogP contribution >= 0.6 is 0 Å². The Morgan fingerprint density at radius 3 is 2.75 bits per heavy atom. The summed E-state index contributed by atoms with van der Waals surface area (Å²) in [6, 6.07) is 4.19. The molecule has 0 aliphatic carbocycles. The van der Waals surface area contributed by atoms with E-state index in [0.29, 0.717) is 5.56 Å². The van der Waals surface area contributed by atoms with Crippen molar-refractivity contribution < 1.29 is 9.72 Å². The van der Waals surface area contributed by atoms with Crippen molar-refractivity contribution in [3.05, 3.63) is 33.9 Å². The van der Waals surface area contributed by atoms with Gasteiger partial charge in [-0.3, -0.25) is 14.9 Å². The summed E-state index contributed by atoms with van der Waals surface area (Å²) in [5, 5.41) is 10.6. The second kappa shape index (κ2) is 4.79. The predicted molar refractivity (Wildman–Crippen MR) is 58.2 cm³/mol. The van der Waals surface area contributed by atoms with Gasteiger partial charge in [-0.05, 0) is 12.1 Å². The first-order chi connectivity index (χ1) is 7.50. The summed E-state index contributed by atoms with van der Waals surface area (Å²) >= 11 is 0. The van der Waals surface area contributed by atoms with Gasteiger partial charge in [-0.2, -0.15) is 0 Å². The lowest BCUT2D eigenvalue weighted by Crippen LogP contribution is -2.08. The maximum absolute atomic E-state index is 10.6. The van der Waals surface area contributed by atoms with E-state index < -0.39 is 10.8 Å². The van der Waals surface area contributed by atoms with E-state index in [4.69, 9.17) is 11.5 Å². The highest BCUT2D eigenvalue weighted by Gasteiger charge is 2.10. The van der Waals surface area contributed by atoms with Gasteiger partial charge in [0, 0.05) is 11.6 Å². The first-order valence-corrected chi connectivity index (χ1v) is 4.32.